The van der Waals surface area contributed by atoms with Crippen molar-refractivity contribution in [2.24, 2.45) is 0 Å². The van der Waals surface area contributed by atoms with Crippen LogP contribution in [0.1, 0.15) is 19.4 Å². The highest BCUT2D eigenvalue weighted by Crippen LogP contribution is 2.12. The average Bonchev–Trinajstić information content (AvgIpc) is 2.26. The number of anilines is 1. The minimum absolute atomic E-state index is 0.211. The van der Waals surface area contributed by atoms with Crippen LogP contribution in [0.25, 0.3) is 0 Å². The molecule has 0 spiro atoms. The zero-order valence-electron chi connectivity index (χ0n) is 10.2. The van der Waals surface area contributed by atoms with Crippen LogP contribution in [0.2, 0.25) is 0 Å². The number of benzene rings is 1. The minimum atomic E-state index is 0.211. The van der Waals surface area contributed by atoms with Crippen molar-refractivity contribution in [3.05, 3.63) is 29.8 Å². The van der Waals surface area contributed by atoms with Gasteiger partial charge in [-0.2, -0.15) is 0 Å². The number of aliphatic hydroxyl groups excluding tert-OH is 1. The lowest BCUT2D eigenvalue weighted by Crippen LogP contribution is -2.35. The average molecular weight is 222 g/mol. The summed E-state index contributed by atoms with van der Waals surface area (Å²) in [6.07, 6.45) is 0.935. The van der Waals surface area contributed by atoms with E-state index in [1.54, 1.807) is 0 Å². The smallest absolute Gasteiger partial charge is 0.0558 e. The first kappa shape index (κ1) is 13.0. The Bertz CT molecular complexity index is 313. The number of hydrogen-bond acceptors (Lipinski definition) is 3. The fourth-order valence-corrected chi connectivity index (χ4v) is 1.78. The molecule has 0 aliphatic carbocycles. The summed E-state index contributed by atoms with van der Waals surface area (Å²) >= 11 is 0. The molecule has 0 aliphatic heterocycles. The highest BCUT2D eigenvalue weighted by Gasteiger charge is 2.09. The Labute approximate surface area is 97.9 Å². The van der Waals surface area contributed by atoms with Crippen molar-refractivity contribution in [2.75, 3.05) is 25.4 Å². The molecule has 16 heavy (non-hydrogen) atoms. The lowest BCUT2D eigenvalue weighted by atomic mass is 10.1. The molecule has 3 heteroatoms. The molecular weight excluding hydrogens is 200 g/mol. The van der Waals surface area contributed by atoms with E-state index >= 15 is 0 Å². The van der Waals surface area contributed by atoms with Crippen LogP contribution in [0, 0.1) is 0 Å². The van der Waals surface area contributed by atoms with Crippen LogP contribution >= 0.6 is 0 Å². The molecule has 0 fully saturated rings. The third kappa shape index (κ3) is 3.83. The van der Waals surface area contributed by atoms with E-state index in [2.05, 4.69) is 24.8 Å². The number of nitrogens with zero attached hydrogens (tertiary/aromatic N) is 1. The third-order valence-electron chi connectivity index (χ3n) is 2.84. The maximum absolute atomic E-state index is 8.97. The van der Waals surface area contributed by atoms with Gasteiger partial charge in [-0.15, -0.1) is 0 Å². The number of nitrogen functional groups attached to an aromatic ring is 1. The van der Waals surface area contributed by atoms with E-state index < -0.39 is 0 Å². The number of nitrogens with two attached hydrogens (primary N) is 1. The molecule has 0 saturated carbocycles. The van der Waals surface area contributed by atoms with E-state index in [0.29, 0.717) is 6.04 Å². The highest BCUT2D eigenvalue weighted by atomic mass is 16.3. The second-order valence-electron chi connectivity index (χ2n) is 4.30. The molecule has 0 radical (unpaired) electrons. The molecule has 90 valence electrons. The highest BCUT2D eigenvalue weighted by molar-refractivity contribution is 5.46. The molecule has 1 rings (SSSR count). The molecule has 3 N–H and O–H groups in total. The zero-order chi connectivity index (χ0) is 12.0. The lowest BCUT2D eigenvalue weighted by Gasteiger charge is -2.25. The second kappa shape index (κ2) is 6.51. The Kier molecular flexibility index (Phi) is 5.29. The van der Waals surface area contributed by atoms with Crippen LogP contribution in [-0.2, 0) is 6.42 Å². The van der Waals surface area contributed by atoms with Gasteiger partial charge >= 0.3 is 0 Å². The summed E-state index contributed by atoms with van der Waals surface area (Å²) in [6, 6.07) is 8.41. The predicted octanol–water partition coefficient (Wildman–Crippen LogP) is 1.51. The van der Waals surface area contributed by atoms with Crippen LogP contribution < -0.4 is 5.73 Å². The molecular formula is C13H22N2O. The maximum atomic E-state index is 8.97. The van der Waals surface area contributed by atoms with Crippen LogP contribution in [0.15, 0.2) is 24.3 Å². The zero-order valence-corrected chi connectivity index (χ0v) is 10.2. The van der Waals surface area contributed by atoms with Gasteiger partial charge in [0.15, 0.2) is 0 Å². The SMILES string of the molecule is CC(C)N(CCO)CCc1ccccc1N. The molecule has 0 aliphatic rings. The van der Waals surface area contributed by atoms with Gasteiger partial charge in [-0.05, 0) is 31.9 Å². The summed E-state index contributed by atoms with van der Waals surface area (Å²) in [6.45, 7) is 6.16. The van der Waals surface area contributed by atoms with Crippen LogP contribution in [-0.4, -0.2) is 35.7 Å². The topological polar surface area (TPSA) is 49.5 Å². The van der Waals surface area contributed by atoms with E-state index in [4.69, 9.17) is 10.8 Å². The fraction of sp³-hybridized carbons (Fsp3) is 0.538. The molecule has 0 unspecified atom stereocenters. The molecule has 0 saturated heterocycles. The normalized spacial score (nSPS) is 11.3. The van der Waals surface area contributed by atoms with Crippen LogP contribution in [0.5, 0.6) is 0 Å². The van der Waals surface area contributed by atoms with Gasteiger partial charge in [0.1, 0.15) is 0 Å². The molecule has 1 aromatic carbocycles. The Morgan fingerprint density at radius 2 is 1.94 bits per heavy atom. The standard InChI is InChI=1S/C13H22N2O/c1-11(2)15(9-10-16)8-7-12-5-3-4-6-13(12)14/h3-6,11,16H,7-10,14H2,1-2H3. The summed E-state index contributed by atoms with van der Waals surface area (Å²) in [5, 5.41) is 8.97. The monoisotopic (exact) mass is 222 g/mol. The van der Waals surface area contributed by atoms with Gasteiger partial charge in [0.2, 0.25) is 0 Å². The Morgan fingerprint density at radius 3 is 2.50 bits per heavy atom. The summed E-state index contributed by atoms with van der Waals surface area (Å²) in [5.74, 6) is 0. The van der Waals surface area contributed by atoms with E-state index in [1.807, 2.05) is 18.2 Å². The number of rotatable bonds is 6. The van der Waals surface area contributed by atoms with Gasteiger partial charge in [0.25, 0.3) is 0 Å². The largest absolute Gasteiger partial charge is 0.399 e. The first-order valence-corrected chi connectivity index (χ1v) is 5.83. The third-order valence-corrected chi connectivity index (χ3v) is 2.84. The van der Waals surface area contributed by atoms with Gasteiger partial charge in [0, 0.05) is 24.8 Å². The van der Waals surface area contributed by atoms with Gasteiger partial charge < -0.3 is 10.8 Å². The van der Waals surface area contributed by atoms with Crippen LogP contribution in [0.3, 0.4) is 0 Å². The second-order valence-corrected chi connectivity index (χ2v) is 4.30. The lowest BCUT2D eigenvalue weighted by molar-refractivity contribution is 0.167. The van der Waals surface area contributed by atoms with E-state index in [1.165, 1.54) is 5.56 Å². The summed E-state index contributed by atoms with van der Waals surface area (Å²) in [5.41, 5.74) is 7.93. The summed E-state index contributed by atoms with van der Waals surface area (Å²) < 4.78 is 0. The van der Waals surface area contributed by atoms with E-state index in [0.717, 1.165) is 25.2 Å². The predicted molar refractivity (Wildman–Crippen MR) is 68.4 cm³/mol. The number of para-hydroxylation sites is 1. The Morgan fingerprint density at radius 1 is 1.25 bits per heavy atom. The Balaban J connectivity index is 2.52. The molecule has 3 nitrogen and oxygen atoms in total. The first-order chi connectivity index (χ1) is 7.65. The van der Waals surface area contributed by atoms with Crippen molar-refractivity contribution in [2.45, 2.75) is 26.3 Å². The molecule has 0 bridgehead atoms. The van der Waals surface area contributed by atoms with Crippen molar-refractivity contribution < 1.29 is 5.11 Å². The summed E-state index contributed by atoms with van der Waals surface area (Å²) in [4.78, 5) is 2.26. The van der Waals surface area contributed by atoms with Crippen molar-refractivity contribution in [3.8, 4) is 0 Å². The van der Waals surface area contributed by atoms with Crippen LogP contribution in [0.4, 0.5) is 5.69 Å². The van der Waals surface area contributed by atoms with Crippen molar-refractivity contribution >= 4 is 5.69 Å². The van der Waals surface area contributed by atoms with Gasteiger partial charge in [-0.25, -0.2) is 0 Å². The van der Waals surface area contributed by atoms with Gasteiger partial charge in [0.05, 0.1) is 6.61 Å². The van der Waals surface area contributed by atoms with Crippen molar-refractivity contribution in [1.82, 2.24) is 4.90 Å². The van der Waals surface area contributed by atoms with Crippen molar-refractivity contribution in [1.29, 1.82) is 0 Å². The fourth-order valence-electron chi connectivity index (χ4n) is 1.78. The van der Waals surface area contributed by atoms with Gasteiger partial charge in [-0.1, -0.05) is 18.2 Å². The van der Waals surface area contributed by atoms with Gasteiger partial charge in [-0.3, -0.25) is 4.90 Å². The number of aliphatic hydroxyl groups is 1. The molecule has 0 amide bonds. The summed E-state index contributed by atoms with van der Waals surface area (Å²) in [7, 11) is 0. The Hall–Kier alpha value is -1.06. The number of hydrogen-bond donors (Lipinski definition) is 2. The van der Waals surface area contributed by atoms with E-state index in [9.17, 15) is 0 Å². The molecule has 0 atom stereocenters. The molecule has 0 aromatic heterocycles. The molecule has 0 heterocycles. The first-order valence-electron chi connectivity index (χ1n) is 5.83. The quantitative estimate of drug-likeness (QED) is 0.717. The van der Waals surface area contributed by atoms with Crippen molar-refractivity contribution in [3.63, 3.8) is 0 Å². The molecule has 1 aromatic rings. The van der Waals surface area contributed by atoms with E-state index in [-0.39, 0.29) is 6.61 Å². The minimum Gasteiger partial charge on any atom is -0.399 e. The maximum Gasteiger partial charge on any atom is 0.0558 e.